The van der Waals surface area contributed by atoms with E-state index in [0.29, 0.717) is 29.7 Å². The Morgan fingerprint density at radius 3 is 2.78 bits per heavy atom. The summed E-state index contributed by atoms with van der Waals surface area (Å²) < 4.78 is 5.53. The van der Waals surface area contributed by atoms with E-state index < -0.39 is 0 Å². The molecule has 156 valence electrons. The van der Waals surface area contributed by atoms with Crippen LogP contribution in [0.3, 0.4) is 0 Å². The summed E-state index contributed by atoms with van der Waals surface area (Å²) in [5, 5.41) is 6.36. The van der Waals surface area contributed by atoms with Crippen LogP contribution in [0.2, 0.25) is 0 Å². The van der Waals surface area contributed by atoms with Crippen molar-refractivity contribution >= 4 is 0 Å². The molecule has 7 heteroatoms. The number of nitrogens with two attached hydrogens (primary N) is 1. The molecule has 4 aliphatic heterocycles. The number of hydrogen-bond donors (Lipinski definition) is 4. The van der Waals surface area contributed by atoms with Gasteiger partial charge in [-0.15, -0.1) is 0 Å². The van der Waals surface area contributed by atoms with Crippen molar-refractivity contribution in [3.63, 3.8) is 0 Å². The highest BCUT2D eigenvalue weighted by molar-refractivity contribution is 4.85. The third kappa shape index (κ3) is 5.01. The Balaban J connectivity index is 1.31. The zero-order valence-corrected chi connectivity index (χ0v) is 17.5. The predicted octanol–water partition coefficient (Wildman–Crippen LogP) is -1.51. The predicted molar refractivity (Wildman–Crippen MR) is 104 cm³/mol. The van der Waals surface area contributed by atoms with E-state index in [0.717, 1.165) is 26.3 Å². The summed E-state index contributed by atoms with van der Waals surface area (Å²) >= 11 is 0. The highest BCUT2D eigenvalue weighted by Gasteiger charge is 2.45. The van der Waals surface area contributed by atoms with Gasteiger partial charge in [0.15, 0.2) is 6.23 Å². The average Bonchev–Trinajstić information content (AvgIpc) is 3.30. The van der Waals surface area contributed by atoms with Crippen LogP contribution in [0.15, 0.2) is 0 Å². The minimum Gasteiger partial charge on any atom is -0.379 e. The van der Waals surface area contributed by atoms with Crippen molar-refractivity contribution in [1.82, 2.24) is 15.7 Å². The van der Waals surface area contributed by atoms with E-state index in [-0.39, 0.29) is 6.23 Å². The number of ether oxygens (including phenoxy) is 1. The molecular formula is C20H41N5O2+2. The average molecular weight is 384 g/mol. The number of quaternary nitrogens is 2. The number of nitrogens with one attached hydrogen (secondary N) is 3. The lowest BCUT2D eigenvalue weighted by Crippen LogP contribution is -3.16. The van der Waals surface area contributed by atoms with Crippen molar-refractivity contribution in [2.45, 2.75) is 71.1 Å². The number of hydrogen-bond acceptors (Lipinski definition) is 5. The molecule has 4 rings (SSSR count). The summed E-state index contributed by atoms with van der Waals surface area (Å²) in [6, 6.07) is 0.576. The highest BCUT2D eigenvalue weighted by atomic mass is 16.7. The molecule has 0 aromatic heterocycles. The number of hydroxylamine groups is 1. The van der Waals surface area contributed by atoms with Crippen molar-refractivity contribution in [3.05, 3.63) is 0 Å². The fourth-order valence-electron chi connectivity index (χ4n) is 5.56. The van der Waals surface area contributed by atoms with Gasteiger partial charge in [-0.05, 0) is 0 Å². The van der Waals surface area contributed by atoms with Gasteiger partial charge >= 0.3 is 0 Å². The minimum atomic E-state index is 0.155. The van der Waals surface area contributed by atoms with E-state index in [9.17, 15) is 0 Å². The number of rotatable bonds is 4. The van der Waals surface area contributed by atoms with E-state index in [1.54, 1.807) is 4.90 Å². The number of morpholine rings is 1. The molecular weight excluding hydrogens is 342 g/mol. The normalized spacial score (nSPS) is 41.9. The van der Waals surface area contributed by atoms with Gasteiger partial charge in [0.25, 0.3) is 0 Å². The summed E-state index contributed by atoms with van der Waals surface area (Å²) in [7, 11) is 0. The fraction of sp³-hybridized carbons (Fsp3) is 1.00. The second-order valence-electron chi connectivity index (χ2n) is 10.2. The van der Waals surface area contributed by atoms with Crippen molar-refractivity contribution in [2.24, 2.45) is 11.3 Å². The van der Waals surface area contributed by atoms with Crippen molar-refractivity contribution in [3.8, 4) is 0 Å². The second kappa shape index (κ2) is 8.61. The standard InChI is InChI=1S/C20H39N5O2/c1-20(2,3)14-25-8-4-5-16(25)19-22-18(23-27-19)15-6-7-21-17(13-15)24-9-11-26-12-10-24/h15-19,21-23H,4-14H2,1-3H3/p+2/t15?,16-,17?,18?,19?/m0/s1. The first-order valence-electron chi connectivity index (χ1n) is 11.2. The topological polar surface area (TPSA) is 66.8 Å². The summed E-state index contributed by atoms with van der Waals surface area (Å²) in [5.74, 6) is 0.639. The molecule has 5 N–H and O–H groups in total. The van der Waals surface area contributed by atoms with E-state index >= 15 is 0 Å². The molecule has 0 spiro atoms. The van der Waals surface area contributed by atoms with Crippen LogP contribution < -0.4 is 21.0 Å². The first-order chi connectivity index (χ1) is 13.0. The molecule has 0 aromatic carbocycles. The molecule has 0 aliphatic carbocycles. The van der Waals surface area contributed by atoms with Gasteiger partial charge in [0.2, 0.25) is 0 Å². The lowest BCUT2D eigenvalue weighted by atomic mass is 9.92. The van der Waals surface area contributed by atoms with Gasteiger partial charge in [-0.2, -0.15) is 5.48 Å². The molecule has 6 atom stereocenters. The Bertz CT molecular complexity index is 479. The maximum absolute atomic E-state index is 6.10. The molecule has 4 fully saturated rings. The van der Waals surface area contributed by atoms with Crippen LogP contribution in [0, 0.1) is 11.3 Å². The van der Waals surface area contributed by atoms with Crippen LogP contribution in [0.25, 0.3) is 0 Å². The number of piperidine rings is 1. The van der Waals surface area contributed by atoms with Crippen LogP contribution in [-0.2, 0) is 9.57 Å². The van der Waals surface area contributed by atoms with Gasteiger partial charge in [-0.25, -0.2) is 4.90 Å². The first-order valence-corrected chi connectivity index (χ1v) is 11.2. The Labute approximate surface area is 164 Å². The molecule has 27 heavy (non-hydrogen) atoms. The summed E-state index contributed by atoms with van der Waals surface area (Å²) in [4.78, 5) is 10.4. The molecule has 0 saturated carbocycles. The quantitative estimate of drug-likeness (QED) is 0.475. The van der Waals surface area contributed by atoms with E-state index in [1.165, 1.54) is 45.3 Å². The van der Waals surface area contributed by atoms with Crippen LogP contribution >= 0.6 is 0 Å². The Morgan fingerprint density at radius 2 is 2.00 bits per heavy atom. The Hall–Kier alpha value is -0.280. The zero-order chi connectivity index (χ0) is 18.9. The van der Waals surface area contributed by atoms with E-state index in [4.69, 9.17) is 9.57 Å². The third-order valence-corrected chi connectivity index (χ3v) is 6.83. The maximum Gasteiger partial charge on any atom is 0.183 e. The molecule has 0 amide bonds. The highest BCUT2D eigenvalue weighted by Crippen LogP contribution is 2.22. The molecule has 7 nitrogen and oxygen atoms in total. The zero-order valence-electron chi connectivity index (χ0n) is 17.5. The monoisotopic (exact) mass is 383 g/mol. The van der Waals surface area contributed by atoms with E-state index in [2.05, 4.69) is 41.8 Å². The maximum atomic E-state index is 6.10. The second-order valence-corrected chi connectivity index (χ2v) is 10.2. The van der Waals surface area contributed by atoms with Gasteiger partial charge < -0.3 is 15.0 Å². The molecule has 0 radical (unpaired) electrons. The molecule has 0 bridgehead atoms. The SMILES string of the molecule is CC(C)(C)C[NH+]1CCC[C@H]1C1NC(C2CC[NH2+]C(N3CCOCC3)C2)NO1. The fourth-order valence-corrected chi connectivity index (χ4v) is 5.56. The molecule has 4 heterocycles. The summed E-state index contributed by atoms with van der Waals surface area (Å²) in [6.45, 7) is 14.7. The van der Waals surface area contributed by atoms with E-state index in [1.807, 2.05) is 0 Å². The number of nitrogens with zero attached hydrogens (tertiary/aromatic N) is 1. The summed E-state index contributed by atoms with van der Waals surface area (Å²) in [5.41, 5.74) is 3.75. The lowest BCUT2D eigenvalue weighted by molar-refractivity contribution is -0.922. The largest absolute Gasteiger partial charge is 0.379 e. The smallest absolute Gasteiger partial charge is 0.183 e. The van der Waals surface area contributed by atoms with Gasteiger partial charge in [-0.3, -0.25) is 10.2 Å². The van der Waals surface area contributed by atoms with Crippen LogP contribution in [0.4, 0.5) is 0 Å². The van der Waals surface area contributed by atoms with Gasteiger partial charge in [0, 0.05) is 50.1 Å². The van der Waals surface area contributed by atoms with Crippen molar-refractivity contribution < 1.29 is 19.8 Å². The van der Waals surface area contributed by atoms with Gasteiger partial charge in [0.1, 0.15) is 12.2 Å². The molecule has 4 saturated heterocycles. The summed E-state index contributed by atoms with van der Waals surface area (Å²) in [6.07, 6.45) is 6.12. The van der Waals surface area contributed by atoms with Gasteiger partial charge in [-0.1, -0.05) is 20.8 Å². The Morgan fingerprint density at radius 1 is 1.19 bits per heavy atom. The minimum absolute atomic E-state index is 0.155. The van der Waals surface area contributed by atoms with Crippen LogP contribution in [-0.4, -0.2) is 75.4 Å². The number of likely N-dealkylation sites (tertiary alicyclic amines) is 1. The third-order valence-electron chi connectivity index (χ3n) is 6.83. The Kier molecular flexibility index (Phi) is 6.38. The van der Waals surface area contributed by atoms with Gasteiger partial charge in [0.05, 0.1) is 39.0 Å². The first kappa shape index (κ1) is 20.0. The molecule has 5 unspecified atom stereocenters. The molecule has 0 aromatic rings. The molecule has 4 aliphatic rings. The van der Waals surface area contributed by atoms with Crippen molar-refractivity contribution in [2.75, 3.05) is 45.9 Å². The lowest BCUT2D eigenvalue weighted by Gasteiger charge is -2.38. The van der Waals surface area contributed by atoms with Crippen LogP contribution in [0.1, 0.15) is 46.5 Å². The van der Waals surface area contributed by atoms with Crippen LogP contribution in [0.5, 0.6) is 0 Å². The van der Waals surface area contributed by atoms with Crippen molar-refractivity contribution in [1.29, 1.82) is 0 Å².